The van der Waals surface area contributed by atoms with Crippen LogP contribution in [0, 0.1) is 18.8 Å². The molecule has 0 saturated carbocycles. The third-order valence-electron chi connectivity index (χ3n) is 5.48. The second-order valence-corrected chi connectivity index (χ2v) is 9.44. The standard InChI is InChI=1S/C23H33N5O2S/c1-16(2)13-28-20(25-26-23(28)31-4)6-5-11-24-22(30)19-12-21(29)27(15-19)14-18-9-7-17(3)8-10-18/h7-10,16,19H,5-6,11-15H2,1-4H3,(H,24,30). The van der Waals surface area contributed by atoms with Gasteiger partial charge in [-0.05, 0) is 31.1 Å². The largest absolute Gasteiger partial charge is 0.356 e. The van der Waals surface area contributed by atoms with Crippen LogP contribution in [-0.2, 0) is 29.1 Å². The molecule has 2 amide bonds. The Labute approximate surface area is 189 Å². The van der Waals surface area contributed by atoms with Crippen LogP contribution < -0.4 is 5.32 Å². The number of aromatic nitrogens is 3. The van der Waals surface area contributed by atoms with Crippen LogP contribution in [0.1, 0.15) is 43.6 Å². The van der Waals surface area contributed by atoms with Crippen LogP contribution in [0.4, 0.5) is 0 Å². The topological polar surface area (TPSA) is 80.1 Å². The lowest BCUT2D eigenvalue weighted by Gasteiger charge is -2.17. The number of benzene rings is 1. The summed E-state index contributed by atoms with van der Waals surface area (Å²) in [4.78, 5) is 26.7. The molecule has 1 atom stereocenters. The van der Waals surface area contributed by atoms with Crippen LogP contribution in [0.2, 0.25) is 0 Å². The Morgan fingerprint density at radius 1 is 1.26 bits per heavy atom. The first-order chi connectivity index (χ1) is 14.9. The number of nitrogens with zero attached hydrogens (tertiary/aromatic N) is 4. The zero-order valence-corrected chi connectivity index (χ0v) is 19.7. The second-order valence-electron chi connectivity index (χ2n) is 8.66. The summed E-state index contributed by atoms with van der Waals surface area (Å²) in [6, 6.07) is 8.17. The molecule has 7 nitrogen and oxygen atoms in total. The molecule has 168 valence electrons. The molecule has 1 aliphatic heterocycles. The van der Waals surface area contributed by atoms with E-state index in [0.29, 0.717) is 25.6 Å². The summed E-state index contributed by atoms with van der Waals surface area (Å²) in [5.74, 6) is 1.22. The molecule has 1 aromatic carbocycles. The molecule has 31 heavy (non-hydrogen) atoms. The smallest absolute Gasteiger partial charge is 0.225 e. The van der Waals surface area contributed by atoms with Crippen LogP contribution in [0.25, 0.3) is 0 Å². The highest BCUT2D eigenvalue weighted by Gasteiger charge is 2.34. The van der Waals surface area contributed by atoms with Gasteiger partial charge in [-0.1, -0.05) is 55.4 Å². The highest BCUT2D eigenvalue weighted by atomic mass is 32.2. The van der Waals surface area contributed by atoms with Gasteiger partial charge in [-0.3, -0.25) is 9.59 Å². The Bertz CT molecular complexity index is 894. The number of nitrogens with one attached hydrogen (secondary N) is 1. The van der Waals surface area contributed by atoms with E-state index in [-0.39, 0.29) is 24.2 Å². The van der Waals surface area contributed by atoms with E-state index in [1.807, 2.05) is 37.4 Å². The van der Waals surface area contributed by atoms with E-state index in [1.54, 1.807) is 16.7 Å². The average molecular weight is 444 g/mol. The lowest BCUT2D eigenvalue weighted by molar-refractivity contribution is -0.129. The predicted molar refractivity (Wildman–Crippen MR) is 123 cm³/mol. The molecule has 2 heterocycles. The number of hydrogen-bond donors (Lipinski definition) is 1. The monoisotopic (exact) mass is 443 g/mol. The summed E-state index contributed by atoms with van der Waals surface area (Å²) in [7, 11) is 0. The molecule has 1 N–H and O–H groups in total. The Balaban J connectivity index is 1.45. The van der Waals surface area contributed by atoms with Gasteiger partial charge in [0.05, 0.1) is 5.92 Å². The number of amides is 2. The number of aryl methyl sites for hydroxylation is 2. The third kappa shape index (κ3) is 6.32. The van der Waals surface area contributed by atoms with E-state index in [0.717, 1.165) is 35.9 Å². The first-order valence-electron chi connectivity index (χ1n) is 10.9. The maximum Gasteiger partial charge on any atom is 0.225 e. The van der Waals surface area contributed by atoms with Crippen LogP contribution in [0.15, 0.2) is 29.4 Å². The molecule has 0 spiro atoms. The average Bonchev–Trinajstić information content (AvgIpc) is 3.29. The molecular weight excluding hydrogens is 410 g/mol. The van der Waals surface area contributed by atoms with Gasteiger partial charge in [0.1, 0.15) is 5.82 Å². The van der Waals surface area contributed by atoms with Crippen molar-refractivity contribution < 1.29 is 9.59 Å². The van der Waals surface area contributed by atoms with Crippen LogP contribution >= 0.6 is 11.8 Å². The van der Waals surface area contributed by atoms with Gasteiger partial charge in [0.2, 0.25) is 11.8 Å². The SMILES string of the molecule is CSc1nnc(CCCNC(=O)C2CC(=O)N(Cc3ccc(C)cc3)C2)n1CC(C)C. The normalized spacial score (nSPS) is 16.4. The Morgan fingerprint density at radius 3 is 2.68 bits per heavy atom. The predicted octanol–water partition coefficient (Wildman–Crippen LogP) is 3.06. The molecule has 1 aromatic heterocycles. The lowest BCUT2D eigenvalue weighted by Crippen LogP contribution is -2.33. The lowest BCUT2D eigenvalue weighted by atomic mass is 10.1. The van der Waals surface area contributed by atoms with Crippen molar-refractivity contribution in [2.24, 2.45) is 11.8 Å². The van der Waals surface area contributed by atoms with Gasteiger partial charge in [-0.2, -0.15) is 0 Å². The highest BCUT2D eigenvalue weighted by Crippen LogP contribution is 2.21. The van der Waals surface area contributed by atoms with Gasteiger partial charge in [-0.25, -0.2) is 0 Å². The fourth-order valence-electron chi connectivity index (χ4n) is 3.82. The number of rotatable bonds is 10. The molecular formula is C23H33N5O2S. The van der Waals surface area contributed by atoms with Gasteiger partial charge < -0.3 is 14.8 Å². The van der Waals surface area contributed by atoms with Crippen molar-refractivity contribution in [3.8, 4) is 0 Å². The summed E-state index contributed by atoms with van der Waals surface area (Å²) in [6.07, 6.45) is 3.86. The van der Waals surface area contributed by atoms with E-state index in [9.17, 15) is 9.59 Å². The molecule has 2 aromatic rings. The van der Waals surface area contributed by atoms with Gasteiger partial charge >= 0.3 is 0 Å². The van der Waals surface area contributed by atoms with Gasteiger partial charge in [0.25, 0.3) is 0 Å². The van der Waals surface area contributed by atoms with E-state index in [1.165, 1.54) is 5.56 Å². The third-order valence-corrected chi connectivity index (χ3v) is 6.15. The van der Waals surface area contributed by atoms with Crippen molar-refractivity contribution >= 4 is 23.6 Å². The number of carbonyl (C=O) groups excluding carboxylic acids is 2. The van der Waals surface area contributed by atoms with Crippen LogP contribution in [0.3, 0.4) is 0 Å². The minimum Gasteiger partial charge on any atom is -0.356 e. The van der Waals surface area contributed by atoms with Crippen molar-refractivity contribution in [1.29, 1.82) is 0 Å². The number of likely N-dealkylation sites (tertiary alicyclic amines) is 1. The molecule has 1 aliphatic rings. The van der Waals surface area contributed by atoms with Crippen molar-refractivity contribution in [3.05, 3.63) is 41.2 Å². The summed E-state index contributed by atoms with van der Waals surface area (Å²) in [5.41, 5.74) is 2.29. The second kappa shape index (κ2) is 10.8. The Morgan fingerprint density at radius 2 is 2.00 bits per heavy atom. The van der Waals surface area contributed by atoms with Crippen molar-refractivity contribution in [1.82, 2.24) is 25.0 Å². The fourth-order valence-corrected chi connectivity index (χ4v) is 4.34. The number of carbonyl (C=O) groups is 2. The summed E-state index contributed by atoms with van der Waals surface area (Å²) >= 11 is 1.60. The molecule has 1 unspecified atom stereocenters. The molecule has 8 heteroatoms. The van der Waals surface area contributed by atoms with E-state index in [2.05, 4.69) is 33.9 Å². The first-order valence-corrected chi connectivity index (χ1v) is 12.2. The van der Waals surface area contributed by atoms with Gasteiger partial charge in [-0.15, -0.1) is 10.2 Å². The first kappa shape index (κ1) is 23.3. The van der Waals surface area contributed by atoms with Gasteiger partial charge in [0, 0.05) is 39.0 Å². The summed E-state index contributed by atoms with van der Waals surface area (Å²) in [5, 5.41) is 12.5. The quantitative estimate of drug-likeness (QED) is 0.451. The molecule has 0 radical (unpaired) electrons. The summed E-state index contributed by atoms with van der Waals surface area (Å²) < 4.78 is 2.18. The molecule has 3 rings (SSSR count). The zero-order chi connectivity index (χ0) is 22.4. The zero-order valence-electron chi connectivity index (χ0n) is 18.9. The van der Waals surface area contributed by atoms with E-state index < -0.39 is 0 Å². The highest BCUT2D eigenvalue weighted by molar-refractivity contribution is 7.98. The van der Waals surface area contributed by atoms with Crippen molar-refractivity contribution in [2.75, 3.05) is 19.3 Å². The molecule has 0 aliphatic carbocycles. The van der Waals surface area contributed by atoms with Crippen LogP contribution in [0.5, 0.6) is 0 Å². The molecule has 1 saturated heterocycles. The minimum absolute atomic E-state index is 0.0341. The van der Waals surface area contributed by atoms with Crippen molar-refractivity contribution in [3.63, 3.8) is 0 Å². The Hall–Kier alpha value is -2.35. The maximum absolute atomic E-state index is 12.6. The fraction of sp³-hybridized carbons (Fsp3) is 0.565. The van der Waals surface area contributed by atoms with E-state index >= 15 is 0 Å². The number of hydrogen-bond acceptors (Lipinski definition) is 5. The van der Waals surface area contributed by atoms with Gasteiger partial charge in [0.15, 0.2) is 5.16 Å². The molecule has 0 bridgehead atoms. The van der Waals surface area contributed by atoms with Crippen LogP contribution in [-0.4, -0.2) is 50.8 Å². The minimum atomic E-state index is -0.273. The van der Waals surface area contributed by atoms with E-state index in [4.69, 9.17) is 0 Å². The van der Waals surface area contributed by atoms with Crippen molar-refractivity contribution in [2.45, 2.75) is 58.3 Å². The molecule has 1 fully saturated rings. The summed E-state index contributed by atoms with van der Waals surface area (Å²) in [6.45, 7) is 8.92. The number of thioether (sulfide) groups is 1. The maximum atomic E-state index is 12.6. The Kier molecular flexibility index (Phi) is 8.12.